The minimum Gasteiger partial charge on any atom is -0.465 e. The van der Waals surface area contributed by atoms with E-state index in [1.54, 1.807) is 24.3 Å². The van der Waals surface area contributed by atoms with Crippen LogP contribution in [0.3, 0.4) is 0 Å². The van der Waals surface area contributed by atoms with Gasteiger partial charge in [-0.1, -0.05) is 12.1 Å². The van der Waals surface area contributed by atoms with Crippen LogP contribution in [0.1, 0.15) is 22.3 Å². The first-order valence-electron chi connectivity index (χ1n) is 6.33. The maximum Gasteiger partial charge on any atom is 0.337 e. The molecule has 1 aliphatic rings. The third-order valence-electron chi connectivity index (χ3n) is 3.28. The molecule has 1 aromatic rings. The fourth-order valence-corrected chi connectivity index (χ4v) is 3.80. The zero-order valence-corrected chi connectivity index (χ0v) is 12.1. The molecule has 1 aliphatic heterocycles. The lowest BCUT2D eigenvalue weighted by atomic mass is 10.1. The predicted molar refractivity (Wildman–Crippen MR) is 74.6 cm³/mol. The van der Waals surface area contributed by atoms with E-state index in [1.165, 1.54) is 11.4 Å². The highest BCUT2D eigenvalue weighted by molar-refractivity contribution is 7.88. The summed E-state index contributed by atoms with van der Waals surface area (Å²) < 4.78 is 30.5. The zero-order chi connectivity index (χ0) is 14.8. The van der Waals surface area contributed by atoms with E-state index in [0.29, 0.717) is 30.6 Å². The number of hydrogen-bond acceptors (Lipinski definition) is 5. The van der Waals surface area contributed by atoms with Crippen molar-refractivity contribution in [3.63, 3.8) is 0 Å². The summed E-state index contributed by atoms with van der Waals surface area (Å²) in [6, 6.07) is 6.37. The molecule has 0 aliphatic carbocycles. The maximum atomic E-state index is 12.3. The van der Waals surface area contributed by atoms with Gasteiger partial charge in [0, 0.05) is 19.1 Å². The number of carbonyl (C=O) groups is 1. The normalized spacial score (nSPS) is 20.0. The smallest absolute Gasteiger partial charge is 0.337 e. The van der Waals surface area contributed by atoms with Crippen LogP contribution in [-0.4, -0.2) is 44.9 Å². The lowest BCUT2D eigenvalue weighted by Gasteiger charge is -2.16. The molecule has 1 fully saturated rings. The van der Waals surface area contributed by atoms with E-state index in [9.17, 15) is 13.2 Å². The fourth-order valence-electron chi connectivity index (χ4n) is 2.21. The van der Waals surface area contributed by atoms with Gasteiger partial charge in [-0.05, 0) is 24.1 Å². The molecule has 1 aromatic carbocycles. The number of nitrogens with zero attached hydrogens (tertiary/aromatic N) is 1. The molecule has 0 aromatic heterocycles. The van der Waals surface area contributed by atoms with Crippen LogP contribution < -0.4 is 5.73 Å². The molecule has 1 heterocycles. The largest absolute Gasteiger partial charge is 0.465 e. The van der Waals surface area contributed by atoms with Crippen molar-refractivity contribution in [2.24, 2.45) is 5.73 Å². The van der Waals surface area contributed by atoms with Crippen molar-refractivity contribution in [1.82, 2.24) is 4.31 Å². The Morgan fingerprint density at radius 2 is 2.25 bits per heavy atom. The molecule has 0 spiro atoms. The maximum absolute atomic E-state index is 12.3. The molecule has 1 atom stereocenters. The minimum atomic E-state index is -3.39. The van der Waals surface area contributed by atoms with Crippen LogP contribution in [0.5, 0.6) is 0 Å². The van der Waals surface area contributed by atoms with Crippen LogP contribution in [0.2, 0.25) is 0 Å². The molecule has 110 valence electrons. The van der Waals surface area contributed by atoms with E-state index in [4.69, 9.17) is 5.73 Å². The van der Waals surface area contributed by atoms with Gasteiger partial charge in [-0.2, -0.15) is 0 Å². The second-order valence-corrected chi connectivity index (χ2v) is 6.82. The molecule has 6 nitrogen and oxygen atoms in total. The second kappa shape index (κ2) is 5.90. The van der Waals surface area contributed by atoms with Gasteiger partial charge in [-0.15, -0.1) is 0 Å². The van der Waals surface area contributed by atoms with Gasteiger partial charge in [0.05, 0.1) is 18.4 Å². The number of esters is 1. The molecular weight excluding hydrogens is 280 g/mol. The highest BCUT2D eigenvalue weighted by Gasteiger charge is 2.29. The third kappa shape index (κ3) is 3.36. The minimum absolute atomic E-state index is 0.0915. The summed E-state index contributed by atoms with van der Waals surface area (Å²) in [4.78, 5) is 11.4. The van der Waals surface area contributed by atoms with E-state index in [0.717, 1.165) is 0 Å². The summed E-state index contributed by atoms with van der Waals surface area (Å²) in [5.74, 6) is -0.614. The Morgan fingerprint density at radius 3 is 2.85 bits per heavy atom. The van der Waals surface area contributed by atoms with Gasteiger partial charge < -0.3 is 10.5 Å². The molecule has 2 rings (SSSR count). The average molecular weight is 298 g/mol. The molecule has 1 saturated heterocycles. The van der Waals surface area contributed by atoms with Crippen LogP contribution in [0.15, 0.2) is 24.3 Å². The van der Waals surface area contributed by atoms with Crippen LogP contribution >= 0.6 is 0 Å². The third-order valence-corrected chi connectivity index (χ3v) is 5.09. The van der Waals surface area contributed by atoms with Crippen LogP contribution in [0, 0.1) is 0 Å². The number of hydrogen-bond donors (Lipinski definition) is 1. The molecular formula is C13H18N2O4S. The molecule has 0 radical (unpaired) electrons. The van der Waals surface area contributed by atoms with Crippen molar-refractivity contribution >= 4 is 16.0 Å². The van der Waals surface area contributed by atoms with Gasteiger partial charge in [-0.3, -0.25) is 0 Å². The van der Waals surface area contributed by atoms with Crippen molar-refractivity contribution in [2.75, 3.05) is 20.2 Å². The highest BCUT2D eigenvalue weighted by Crippen LogP contribution is 2.17. The monoisotopic (exact) mass is 298 g/mol. The Kier molecular flexibility index (Phi) is 4.42. The second-order valence-electron chi connectivity index (χ2n) is 4.85. The number of ether oxygens (including phenoxy) is 1. The van der Waals surface area contributed by atoms with Gasteiger partial charge in [0.15, 0.2) is 0 Å². The average Bonchev–Trinajstić information content (AvgIpc) is 2.85. The zero-order valence-electron chi connectivity index (χ0n) is 11.3. The first kappa shape index (κ1) is 15.0. The lowest BCUT2D eigenvalue weighted by molar-refractivity contribution is 0.0600. The Hall–Kier alpha value is -1.44. The Morgan fingerprint density at radius 1 is 1.50 bits per heavy atom. The molecule has 2 N–H and O–H groups in total. The SMILES string of the molecule is COC(=O)c1cccc(CS(=O)(=O)N2CC[C@@H](N)C2)c1. The summed E-state index contributed by atoms with van der Waals surface area (Å²) in [6.45, 7) is 0.819. The molecule has 0 unspecified atom stereocenters. The summed E-state index contributed by atoms with van der Waals surface area (Å²) in [6.07, 6.45) is 0.682. The Balaban J connectivity index is 2.15. The van der Waals surface area contributed by atoms with Gasteiger partial charge in [0.1, 0.15) is 0 Å². The number of methoxy groups -OCH3 is 1. The van der Waals surface area contributed by atoms with Gasteiger partial charge >= 0.3 is 5.97 Å². The van der Waals surface area contributed by atoms with E-state index in [1.807, 2.05) is 0 Å². The molecule has 0 saturated carbocycles. The number of carbonyl (C=O) groups excluding carboxylic acids is 1. The first-order valence-corrected chi connectivity index (χ1v) is 7.94. The van der Waals surface area contributed by atoms with Gasteiger partial charge in [0.2, 0.25) is 10.0 Å². The van der Waals surface area contributed by atoms with Crippen molar-refractivity contribution in [2.45, 2.75) is 18.2 Å². The number of nitrogens with two attached hydrogens (primary N) is 1. The standard InChI is InChI=1S/C13H18N2O4S/c1-19-13(16)11-4-2-3-10(7-11)9-20(17,18)15-6-5-12(14)8-15/h2-4,7,12H,5-6,8-9,14H2,1H3/t12-/m1/s1. The van der Waals surface area contributed by atoms with E-state index < -0.39 is 16.0 Å². The van der Waals surface area contributed by atoms with Gasteiger partial charge in [-0.25, -0.2) is 17.5 Å². The van der Waals surface area contributed by atoms with Crippen LogP contribution in [0.4, 0.5) is 0 Å². The molecule has 0 amide bonds. The number of sulfonamides is 1. The first-order chi connectivity index (χ1) is 9.42. The molecule has 0 bridgehead atoms. The summed E-state index contributed by atoms with van der Waals surface area (Å²) in [7, 11) is -2.10. The van der Waals surface area contributed by atoms with Gasteiger partial charge in [0.25, 0.3) is 0 Å². The number of rotatable bonds is 4. The summed E-state index contributed by atoms with van der Waals surface area (Å²) in [5.41, 5.74) is 6.64. The quantitative estimate of drug-likeness (QED) is 0.809. The Labute approximate surface area is 118 Å². The fraction of sp³-hybridized carbons (Fsp3) is 0.462. The summed E-state index contributed by atoms with van der Waals surface area (Å²) >= 11 is 0. The van der Waals surface area contributed by atoms with E-state index in [-0.39, 0.29) is 11.8 Å². The summed E-state index contributed by atoms with van der Waals surface area (Å²) in [5, 5.41) is 0. The molecule has 20 heavy (non-hydrogen) atoms. The van der Waals surface area contributed by atoms with Crippen LogP contribution in [0.25, 0.3) is 0 Å². The van der Waals surface area contributed by atoms with Crippen molar-refractivity contribution < 1.29 is 17.9 Å². The van der Waals surface area contributed by atoms with Crippen molar-refractivity contribution in [3.8, 4) is 0 Å². The lowest BCUT2D eigenvalue weighted by Crippen LogP contribution is -2.32. The number of benzene rings is 1. The van der Waals surface area contributed by atoms with E-state index >= 15 is 0 Å². The predicted octanol–water partition coefficient (Wildman–Crippen LogP) is 0.336. The highest BCUT2D eigenvalue weighted by atomic mass is 32.2. The van der Waals surface area contributed by atoms with E-state index in [2.05, 4.69) is 4.74 Å². The van der Waals surface area contributed by atoms with Crippen molar-refractivity contribution in [3.05, 3.63) is 35.4 Å². The van der Waals surface area contributed by atoms with Crippen molar-refractivity contribution in [1.29, 1.82) is 0 Å². The Bertz CT molecular complexity index is 600. The van der Waals surface area contributed by atoms with Crippen LogP contribution in [-0.2, 0) is 20.5 Å². The molecule has 7 heteroatoms. The topological polar surface area (TPSA) is 89.7 Å².